The highest BCUT2D eigenvalue weighted by molar-refractivity contribution is 6.01. The lowest BCUT2D eigenvalue weighted by Crippen LogP contribution is -2.57. The van der Waals surface area contributed by atoms with E-state index < -0.39 is 5.54 Å². The molecule has 0 atom stereocenters. The van der Waals surface area contributed by atoms with Crippen molar-refractivity contribution in [1.29, 1.82) is 0 Å². The van der Waals surface area contributed by atoms with E-state index in [0.29, 0.717) is 24.1 Å². The molecule has 20 heavy (non-hydrogen) atoms. The summed E-state index contributed by atoms with van der Waals surface area (Å²) in [5.74, 6) is -0.251. The fraction of sp³-hybridized carbons (Fsp3) is 0.615. The number of amides is 1. The minimum atomic E-state index is -0.847. The molecule has 0 aliphatic heterocycles. The highest BCUT2D eigenvalue weighted by Gasteiger charge is 2.34. The predicted octanol–water partition coefficient (Wildman–Crippen LogP) is 1.07. The smallest absolute Gasteiger partial charge is 0.255 e. The van der Waals surface area contributed by atoms with Gasteiger partial charge in [0.05, 0.1) is 11.3 Å². The van der Waals surface area contributed by atoms with Gasteiger partial charge in [-0.1, -0.05) is 19.0 Å². The van der Waals surface area contributed by atoms with Crippen molar-refractivity contribution >= 4 is 11.7 Å². The number of nitrogens with zero attached hydrogens (tertiary/aromatic N) is 3. The molecule has 7 nitrogen and oxygen atoms in total. The quantitative estimate of drug-likeness (QED) is 0.325. The third-order valence-electron chi connectivity index (χ3n) is 3.89. The number of oxime groups is 1. The second-order valence-corrected chi connectivity index (χ2v) is 4.90. The molecule has 1 aromatic heterocycles. The van der Waals surface area contributed by atoms with Crippen LogP contribution in [0.1, 0.15) is 48.4 Å². The molecule has 4 N–H and O–H groups in total. The Labute approximate surface area is 118 Å². The number of amidine groups is 1. The van der Waals surface area contributed by atoms with Gasteiger partial charge in [0, 0.05) is 12.7 Å². The Morgan fingerprint density at radius 3 is 2.35 bits per heavy atom. The summed E-state index contributed by atoms with van der Waals surface area (Å²) in [4.78, 5) is 12.5. The number of hydrogen-bond donors (Lipinski definition) is 3. The summed E-state index contributed by atoms with van der Waals surface area (Å²) in [6.45, 7) is 7.37. The maximum absolute atomic E-state index is 12.5. The zero-order chi connectivity index (χ0) is 15.5. The van der Waals surface area contributed by atoms with Crippen LogP contribution < -0.4 is 11.1 Å². The second kappa shape index (κ2) is 5.94. The van der Waals surface area contributed by atoms with Crippen molar-refractivity contribution in [2.24, 2.45) is 17.9 Å². The number of aryl methyl sites for hydroxylation is 2. The van der Waals surface area contributed by atoms with Gasteiger partial charge >= 0.3 is 0 Å². The fourth-order valence-electron chi connectivity index (χ4n) is 2.33. The summed E-state index contributed by atoms with van der Waals surface area (Å²) in [5, 5.41) is 19.1. The van der Waals surface area contributed by atoms with Gasteiger partial charge in [-0.25, -0.2) is 0 Å². The fourth-order valence-corrected chi connectivity index (χ4v) is 2.33. The van der Waals surface area contributed by atoms with Gasteiger partial charge in [-0.2, -0.15) is 5.10 Å². The van der Waals surface area contributed by atoms with E-state index in [1.54, 1.807) is 18.7 Å². The lowest BCUT2D eigenvalue weighted by molar-refractivity contribution is 0.0916. The Morgan fingerprint density at radius 1 is 1.45 bits per heavy atom. The first-order valence-electron chi connectivity index (χ1n) is 6.63. The van der Waals surface area contributed by atoms with Crippen molar-refractivity contribution in [3.05, 3.63) is 17.0 Å². The zero-order valence-corrected chi connectivity index (χ0v) is 12.7. The van der Waals surface area contributed by atoms with Crippen LogP contribution in [0.15, 0.2) is 5.16 Å². The van der Waals surface area contributed by atoms with Crippen molar-refractivity contribution in [3.8, 4) is 0 Å². The van der Waals surface area contributed by atoms with Crippen LogP contribution in [-0.2, 0) is 7.05 Å². The van der Waals surface area contributed by atoms with Crippen LogP contribution in [0, 0.1) is 13.8 Å². The lowest BCUT2D eigenvalue weighted by Gasteiger charge is -2.31. The Bertz CT molecular complexity index is 529. The molecule has 0 spiro atoms. The highest BCUT2D eigenvalue weighted by Crippen LogP contribution is 2.19. The standard InChI is InChI=1S/C13H23N5O2/c1-6-13(7-2,12(14)17-20)15-11(19)10-8(3)16-18(5)9(10)4/h20H,6-7H2,1-5H3,(H2,14,17)(H,15,19). The molecule has 1 amide bonds. The summed E-state index contributed by atoms with van der Waals surface area (Å²) in [5.41, 5.74) is 6.86. The van der Waals surface area contributed by atoms with Crippen molar-refractivity contribution in [2.75, 3.05) is 0 Å². The molecular weight excluding hydrogens is 258 g/mol. The highest BCUT2D eigenvalue weighted by atomic mass is 16.4. The molecule has 1 rings (SSSR count). The normalized spacial score (nSPS) is 12.6. The van der Waals surface area contributed by atoms with Gasteiger partial charge in [0.25, 0.3) is 5.91 Å². The summed E-state index contributed by atoms with van der Waals surface area (Å²) < 4.78 is 1.66. The van der Waals surface area contributed by atoms with E-state index in [0.717, 1.165) is 5.69 Å². The molecule has 0 aliphatic carbocycles. The number of carbonyl (C=O) groups is 1. The average molecular weight is 281 g/mol. The largest absolute Gasteiger partial charge is 0.409 e. The average Bonchev–Trinajstić information content (AvgIpc) is 2.68. The molecule has 112 valence electrons. The number of nitrogens with two attached hydrogens (primary N) is 1. The van der Waals surface area contributed by atoms with Gasteiger partial charge in [0.2, 0.25) is 0 Å². The predicted molar refractivity (Wildman–Crippen MR) is 76.9 cm³/mol. The Hall–Kier alpha value is -2.05. The van der Waals surface area contributed by atoms with Gasteiger partial charge in [-0.15, -0.1) is 0 Å². The first-order valence-corrected chi connectivity index (χ1v) is 6.63. The molecule has 0 unspecified atom stereocenters. The number of rotatable bonds is 5. The molecule has 0 fully saturated rings. The van der Waals surface area contributed by atoms with E-state index in [1.807, 2.05) is 20.8 Å². The lowest BCUT2D eigenvalue weighted by atomic mass is 9.91. The van der Waals surface area contributed by atoms with Crippen LogP contribution in [0.2, 0.25) is 0 Å². The van der Waals surface area contributed by atoms with Crippen LogP contribution >= 0.6 is 0 Å². The Morgan fingerprint density at radius 2 is 2.00 bits per heavy atom. The van der Waals surface area contributed by atoms with Gasteiger partial charge in [-0.3, -0.25) is 9.48 Å². The molecule has 0 radical (unpaired) electrons. The van der Waals surface area contributed by atoms with Gasteiger partial charge in [-0.05, 0) is 26.7 Å². The number of aromatic nitrogens is 2. The maximum atomic E-state index is 12.5. The minimum absolute atomic E-state index is 0.00930. The summed E-state index contributed by atoms with van der Waals surface area (Å²) in [6, 6.07) is 0. The van der Waals surface area contributed by atoms with Gasteiger partial charge in [0.1, 0.15) is 5.54 Å². The summed E-state index contributed by atoms with van der Waals surface area (Å²) in [7, 11) is 1.79. The number of nitrogens with one attached hydrogen (secondary N) is 1. The van der Waals surface area contributed by atoms with Crippen LogP contribution in [0.4, 0.5) is 0 Å². The van der Waals surface area contributed by atoms with Crippen LogP contribution in [0.25, 0.3) is 0 Å². The van der Waals surface area contributed by atoms with E-state index in [9.17, 15) is 4.79 Å². The number of carbonyl (C=O) groups excluding carboxylic acids is 1. The van der Waals surface area contributed by atoms with Crippen LogP contribution in [0.5, 0.6) is 0 Å². The topological polar surface area (TPSA) is 106 Å². The molecule has 0 saturated carbocycles. The maximum Gasteiger partial charge on any atom is 0.255 e. The van der Waals surface area contributed by atoms with Crippen molar-refractivity contribution in [2.45, 2.75) is 46.1 Å². The third kappa shape index (κ3) is 2.61. The molecule has 0 aliphatic rings. The van der Waals surface area contributed by atoms with E-state index in [2.05, 4.69) is 15.6 Å². The van der Waals surface area contributed by atoms with E-state index in [1.165, 1.54) is 0 Å². The first kappa shape index (κ1) is 16.0. The Balaban J connectivity index is 3.15. The van der Waals surface area contributed by atoms with E-state index >= 15 is 0 Å². The molecule has 0 aromatic carbocycles. The van der Waals surface area contributed by atoms with Crippen molar-refractivity contribution in [3.63, 3.8) is 0 Å². The minimum Gasteiger partial charge on any atom is -0.409 e. The van der Waals surface area contributed by atoms with Crippen molar-refractivity contribution in [1.82, 2.24) is 15.1 Å². The molecule has 1 heterocycles. The summed E-state index contributed by atoms with van der Waals surface area (Å²) in [6.07, 6.45) is 1.06. The molecule has 1 aromatic rings. The SMILES string of the molecule is CCC(CC)(NC(=O)c1c(C)nn(C)c1C)/C(N)=N/O. The van der Waals surface area contributed by atoms with E-state index in [4.69, 9.17) is 10.9 Å². The first-order chi connectivity index (χ1) is 9.32. The monoisotopic (exact) mass is 281 g/mol. The van der Waals surface area contributed by atoms with Gasteiger partial charge < -0.3 is 16.3 Å². The molecular formula is C13H23N5O2. The Kier molecular flexibility index (Phi) is 4.75. The molecule has 7 heteroatoms. The van der Waals surface area contributed by atoms with Crippen LogP contribution in [-0.4, -0.2) is 32.3 Å². The zero-order valence-electron chi connectivity index (χ0n) is 12.7. The molecule has 0 saturated heterocycles. The van der Waals surface area contributed by atoms with Gasteiger partial charge in [0.15, 0.2) is 5.84 Å². The summed E-state index contributed by atoms with van der Waals surface area (Å²) >= 11 is 0. The van der Waals surface area contributed by atoms with Crippen molar-refractivity contribution < 1.29 is 10.0 Å². The van der Waals surface area contributed by atoms with E-state index in [-0.39, 0.29) is 11.7 Å². The molecule has 0 bridgehead atoms. The second-order valence-electron chi connectivity index (χ2n) is 4.90. The van der Waals surface area contributed by atoms with Crippen LogP contribution in [0.3, 0.4) is 0 Å². The number of hydrogen-bond acceptors (Lipinski definition) is 4. The third-order valence-corrected chi connectivity index (χ3v) is 3.89.